The highest BCUT2D eigenvalue weighted by atomic mass is 127. The van der Waals surface area contributed by atoms with Gasteiger partial charge in [-0.3, -0.25) is 9.89 Å². The van der Waals surface area contributed by atoms with E-state index >= 15 is 0 Å². The summed E-state index contributed by atoms with van der Waals surface area (Å²) in [6, 6.07) is 14.8. The van der Waals surface area contributed by atoms with E-state index in [1.165, 1.54) is 5.56 Å². The summed E-state index contributed by atoms with van der Waals surface area (Å²) < 4.78 is 16.4. The molecule has 2 aromatic carbocycles. The summed E-state index contributed by atoms with van der Waals surface area (Å²) in [4.78, 5) is 6.85. The van der Waals surface area contributed by atoms with E-state index in [9.17, 15) is 0 Å². The van der Waals surface area contributed by atoms with Gasteiger partial charge >= 0.3 is 0 Å². The summed E-state index contributed by atoms with van der Waals surface area (Å²) in [5.41, 5.74) is 2.34. The molecule has 2 aromatic rings. The maximum absolute atomic E-state index is 5.59. The lowest BCUT2D eigenvalue weighted by molar-refractivity contribution is 0.219. The minimum atomic E-state index is 0. The molecule has 2 N–H and O–H groups in total. The smallest absolute Gasteiger partial charge is 0.203 e. The number of nitrogens with zero attached hydrogens (tertiary/aromatic N) is 2. The Kier molecular flexibility index (Phi) is 13.6. The summed E-state index contributed by atoms with van der Waals surface area (Å²) in [5, 5.41) is 6.90. The van der Waals surface area contributed by atoms with Crippen LogP contribution in [0.4, 0.5) is 0 Å². The van der Waals surface area contributed by atoms with Crippen molar-refractivity contribution in [2.45, 2.75) is 26.3 Å². The van der Waals surface area contributed by atoms with Crippen LogP contribution in [0.5, 0.6) is 17.2 Å². The van der Waals surface area contributed by atoms with Crippen molar-refractivity contribution in [3.8, 4) is 17.2 Å². The third-order valence-electron chi connectivity index (χ3n) is 5.60. The van der Waals surface area contributed by atoms with Crippen molar-refractivity contribution in [2.24, 2.45) is 4.99 Å². The minimum absolute atomic E-state index is 0. The lowest BCUT2D eigenvalue weighted by atomic mass is 10.1. The van der Waals surface area contributed by atoms with E-state index in [-0.39, 0.29) is 30.0 Å². The molecule has 0 saturated heterocycles. The Morgan fingerprint density at radius 1 is 0.909 bits per heavy atom. The molecule has 0 fully saturated rings. The number of guanidine groups is 1. The van der Waals surface area contributed by atoms with E-state index < -0.39 is 0 Å². The van der Waals surface area contributed by atoms with Crippen molar-refractivity contribution < 1.29 is 14.2 Å². The van der Waals surface area contributed by atoms with Gasteiger partial charge in [-0.1, -0.05) is 50.2 Å². The molecule has 184 valence electrons. The molecule has 0 spiro atoms. The predicted molar refractivity (Wildman–Crippen MR) is 147 cm³/mol. The van der Waals surface area contributed by atoms with Crippen LogP contribution in [0.1, 0.15) is 31.0 Å². The average Bonchev–Trinajstić information content (AvgIpc) is 2.85. The van der Waals surface area contributed by atoms with Gasteiger partial charge in [0.1, 0.15) is 0 Å². The Labute approximate surface area is 215 Å². The van der Waals surface area contributed by atoms with Gasteiger partial charge in [0.05, 0.1) is 27.4 Å². The number of rotatable bonds is 12. The molecule has 0 saturated carbocycles. The molecule has 0 radical (unpaired) electrons. The predicted octanol–water partition coefficient (Wildman–Crippen LogP) is 4.12. The molecule has 0 heterocycles. The maximum Gasteiger partial charge on any atom is 0.203 e. The molecule has 1 unspecified atom stereocenters. The number of benzene rings is 2. The first-order valence-corrected chi connectivity index (χ1v) is 11.1. The molecule has 0 aliphatic heterocycles. The molecule has 2 rings (SSSR count). The van der Waals surface area contributed by atoms with Crippen LogP contribution in [-0.2, 0) is 6.42 Å². The molecule has 0 aliphatic carbocycles. The Hall–Kier alpha value is -2.20. The van der Waals surface area contributed by atoms with Crippen molar-refractivity contribution in [3.05, 3.63) is 53.6 Å². The third-order valence-corrected chi connectivity index (χ3v) is 5.60. The first-order chi connectivity index (χ1) is 15.6. The highest BCUT2D eigenvalue weighted by molar-refractivity contribution is 14.0. The summed E-state index contributed by atoms with van der Waals surface area (Å²) in [6.45, 7) is 7.84. The maximum atomic E-state index is 5.59. The fraction of sp³-hybridized carbons (Fsp3) is 0.480. The second-order valence-corrected chi connectivity index (χ2v) is 7.27. The van der Waals surface area contributed by atoms with E-state index in [0.717, 1.165) is 37.6 Å². The topological polar surface area (TPSA) is 67.4 Å². The van der Waals surface area contributed by atoms with E-state index in [1.807, 2.05) is 12.1 Å². The fourth-order valence-electron chi connectivity index (χ4n) is 3.89. The van der Waals surface area contributed by atoms with Gasteiger partial charge < -0.3 is 24.8 Å². The number of nitrogens with one attached hydrogen (secondary N) is 2. The molecule has 1 atom stereocenters. The molecule has 0 aromatic heterocycles. The number of ether oxygens (including phenoxy) is 3. The molecular weight excluding hydrogens is 531 g/mol. The monoisotopic (exact) mass is 570 g/mol. The summed E-state index contributed by atoms with van der Waals surface area (Å²) in [5.74, 6) is 2.74. The second-order valence-electron chi connectivity index (χ2n) is 7.27. The van der Waals surface area contributed by atoms with Gasteiger partial charge in [-0.25, -0.2) is 0 Å². The molecule has 0 aliphatic rings. The second kappa shape index (κ2) is 15.6. The fourth-order valence-corrected chi connectivity index (χ4v) is 3.89. The number of methoxy groups -OCH3 is 3. The zero-order valence-electron chi connectivity index (χ0n) is 20.7. The lowest BCUT2D eigenvalue weighted by Gasteiger charge is -2.30. The van der Waals surface area contributed by atoms with Crippen molar-refractivity contribution in [2.75, 3.05) is 54.6 Å². The van der Waals surface area contributed by atoms with Gasteiger partial charge in [-0.2, -0.15) is 0 Å². The Balaban J connectivity index is 0.00000544. The lowest BCUT2D eigenvalue weighted by Crippen LogP contribution is -2.43. The number of hydrogen-bond acceptors (Lipinski definition) is 5. The molecular formula is C25H39IN4O3. The van der Waals surface area contributed by atoms with Crippen LogP contribution in [0, 0.1) is 0 Å². The van der Waals surface area contributed by atoms with Crippen LogP contribution < -0.4 is 24.8 Å². The van der Waals surface area contributed by atoms with Gasteiger partial charge in [0, 0.05) is 25.7 Å². The summed E-state index contributed by atoms with van der Waals surface area (Å²) in [6.07, 6.45) is 0.752. The van der Waals surface area contributed by atoms with Gasteiger partial charge in [-0.05, 0) is 31.1 Å². The van der Waals surface area contributed by atoms with Crippen LogP contribution >= 0.6 is 24.0 Å². The zero-order chi connectivity index (χ0) is 23.3. The normalized spacial score (nSPS) is 12.0. The quantitative estimate of drug-likeness (QED) is 0.228. The molecule has 0 amide bonds. The Bertz CT molecular complexity index is 845. The number of aliphatic imine (C=N–C) groups is 1. The van der Waals surface area contributed by atoms with Crippen molar-refractivity contribution >= 4 is 29.9 Å². The highest BCUT2D eigenvalue weighted by Crippen LogP contribution is 2.39. The zero-order valence-corrected chi connectivity index (χ0v) is 23.0. The minimum Gasteiger partial charge on any atom is -0.493 e. The first kappa shape index (κ1) is 28.8. The Morgan fingerprint density at radius 3 is 2.12 bits per heavy atom. The molecule has 0 bridgehead atoms. The molecule has 33 heavy (non-hydrogen) atoms. The van der Waals surface area contributed by atoms with Crippen molar-refractivity contribution in [3.63, 3.8) is 0 Å². The number of likely N-dealkylation sites (N-methyl/N-ethyl adjacent to an activating group) is 1. The molecule has 8 heteroatoms. The van der Waals surface area contributed by atoms with Crippen LogP contribution in [0.3, 0.4) is 0 Å². The van der Waals surface area contributed by atoms with Crippen LogP contribution in [-0.4, -0.2) is 65.4 Å². The summed E-state index contributed by atoms with van der Waals surface area (Å²) >= 11 is 0. The number of halogens is 1. The third kappa shape index (κ3) is 7.96. The largest absolute Gasteiger partial charge is 0.493 e. The average molecular weight is 571 g/mol. The number of hydrogen-bond donors (Lipinski definition) is 2. The Morgan fingerprint density at radius 2 is 1.58 bits per heavy atom. The highest BCUT2D eigenvalue weighted by Gasteiger charge is 2.18. The van der Waals surface area contributed by atoms with Gasteiger partial charge in [0.25, 0.3) is 0 Å². The standard InChI is InChI=1S/C25H38N4O3.HI/c1-7-29(8-2)21(19-12-10-9-11-13-19)18-28-25(26-3)27-17-16-20-14-15-22(30-4)24(32-6)23(20)31-5;/h9-15,21H,7-8,16-18H2,1-6H3,(H2,26,27,28);1H. The van der Waals surface area contributed by atoms with Crippen LogP contribution in [0.15, 0.2) is 47.5 Å². The van der Waals surface area contributed by atoms with Gasteiger partial charge in [-0.15, -0.1) is 24.0 Å². The van der Waals surface area contributed by atoms with Gasteiger partial charge in [0.15, 0.2) is 17.5 Å². The van der Waals surface area contributed by atoms with Gasteiger partial charge in [0.2, 0.25) is 5.75 Å². The van der Waals surface area contributed by atoms with E-state index in [4.69, 9.17) is 14.2 Å². The van der Waals surface area contributed by atoms with E-state index in [1.54, 1.807) is 28.4 Å². The molecule has 7 nitrogen and oxygen atoms in total. The first-order valence-electron chi connectivity index (χ1n) is 11.1. The van der Waals surface area contributed by atoms with Crippen molar-refractivity contribution in [1.29, 1.82) is 0 Å². The van der Waals surface area contributed by atoms with E-state index in [2.05, 4.69) is 64.7 Å². The van der Waals surface area contributed by atoms with E-state index in [0.29, 0.717) is 23.8 Å². The van der Waals surface area contributed by atoms with Crippen molar-refractivity contribution in [1.82, 2.24) is 15.5 Å². The summed E-state index contributed by atoms with van der Waals surface area (Å²) in [7, 11) is 6.68. The van der Waals surface area contributed by atoms with Crippen LogP contribution in [0.2, 0.25) is 0 Å². The SMILES string of the molecule is CCN(CC)C(CNC(=NC)NCCc1ccc(OC)c(OC)c1OC)c1ccccc1.I. The van der Waals surface area contributed by atoms with Crippen LogP contribution in [0.25, 0.3) is 0 Å².